The largest absolute Gasteiger partial charge is 0.496 e. The van der Waals surface area contributed by atoms with E-state index in [-0.39, 0.29) is 11.3 Å². The zero-order valence-corrected chi connectivity index (χ0v) is 14.5. The molecule has 3 N–H and O–H groups in total. The fourth-order valence-electron chi connectivity index (χ4n) is 2.86. The Hall–Kier alpha value is -3.32. The molecule has 0 aliphatic heterocycles. The molecule has 0 spiro atoms. The molecule has 0 fully saturated rings. The first kappa shape index (κ1) is 17.5. The number of carboxylic acid groups (broad SMARTS) is 1. The Kier molecular flexibility index (Phi) is 4.90. The predicted molar refractivity (Wildman–Crippen MR) is 97.0 cm³/mol. The smallest absolute Gasteiger partial charge is 0.339 e. The minimum absolute atomic E-state index is 0.0446. The fourth-order valence-corrected chi connectivity index (χ4v) is 2.86. The zero-order chi connectivity index (χ0) is 18.7. The molecule has 0 amide bonds. The lowest BCUT2D eigenvalue weighted by Crippen LogP contribution is -2.08. The Morgan fingerprint density at radius 3 is 2.54 bits per heavy atom. The van der Waals surface area contributed by atoms with E-state index in [1.807, 2.05) is 24.3 Å². The van der Waals surface area contributed by atoms with Crippen LogP contribution in [-0.4, -0.2) is 35.1 Å². The van der Waals surface area contributed by atoms with Crippen LogP contribution in [0.5, 0.6) is 11.5 Å². The Bertz CT molecular complexity index is 950. The minimum Gasteiger partial charge on any atom is -0.496 e. The van der Waals surface area contributed by atoms with Crippen molar-refractivity contribution < 1.29 is 19.4 Å². The van der Waals surface area contributed by atoms with Gasteiger partial charge in [-0.2, -0.15) is 5.10 Å². The summed E-state index contributed by atoms with van der Waals surface area (Å²) < 4.78 is 12.3. The number of hydrogen-bond acceptors (Lipinski definition) is 5. The van der Waals surface area contributed by atoms with Crippen molar-refractivity contribution in [3.63, 3.8) is 0 Å². The van der Waals surface area contributed by atoms with Gasteiger partial charge in [0.15, 0.2) is 0 Å². The van der Waals surface area contributed by atoms with Gasteiger partial charge in [0.05, 0.1) is 31.8 Å². The quantitative estimate of drug-likeness (QED) is 0.707. The molecule has 0 radical (unpaired) electrons. The molecule has 7 nitrogen and oxygen atoms in total. The van der Waals surface area contributed by atoms with Crippen LogP contribution in [0, 0.1) is 0 Å². The zero-order valence-electron chi connectivity index (χ0n) is 14.5. The van der Waals surface area contributed by atoms with E-state index < -0.39 is 5.97 Å². The van der Waals surface area contributed by atoms with Crippen molar-refractivity contribution in [1.29, 1.82) is 0 Å². The van der Waals surface area contributed by atoms with Gasteiger partial charge in [0.2, 0.25) is 0 Å². The second-order valence-corrected chi connectivity index (χ2v) is 5.52. The van der Waals surface area contributed by atoms with Crippen molar-refractivity contribution in [1.82, 2.24) is 9.78 Å². The molecule has 3 aromatic rings. The van der Waals surface area contributed by atoms with Gasteiger partial charge in [0.1, 0.15) is 17.1 Å². The normalized spacial score (nSPS) is 10.6. The minimum atomic E-state index is -1.08. The van der Waals surface area contributed by atoms with Crippen molar-refractivity contribution in [2.24, 2.45) is 5.73 Å². The van der Waals surface area contributed by atoms with Gasteiger partial charge in [-0.25, -0.2) is 9.48 Å². The van der Waals surface area contributed by atoms with Crippen molar-refractivity contribution in [2.75, 3.05) is 14.2 Å². The molecular weight excluding hydrogens is 334 g/mol. The summed E-state index contributed by atoms with van der Waals surface area (Å²) in [5.74, 6) is -0.371. The van der Waals surface area contributed by atoms with Crippen LogP contribution in [0.25, 0.3) is 16.9 Å². The summed E-state index contributed by atoms with van der Waals surface area (Å²) in [6.07, 6.45) is 1.65. The standard InChI is InChI=1S/C19H19N3O4/c1-25-17-10-18(26-2)14(19(23)24)9-13(17)16-7-8-21-22(16)15-6-4-3-5-12(15)11-20/h3-10H,11,20H2,1-2H3,(H,23,24). The number of nitrogens with two attached hydrogens (primary N) is 1. The lowest BCUT2D eigenvalue weighted by Gasteiger charge is -2.16. The molecule has 1 aromatic heterocycles. The number of para-hydroxylation sites is 1. The maximum absolute atomic E-state index is 11.6. The van der Waals surface area contributed by atoms with Crippen LogP contribution >= 0.6 is 0 Å². The third-order valence-electron chi connectivity index (χ3n) is 4.11. The Labute approximate surface area is 150 Å². The summed E-state index contributed by atoms with van der Waals surface area (Å²) in [5.41, 5.74) is 8.91. The highest BCUT2D eigenvalue weighted by atomic mass is 16.5. The highest BCUT2D eigenvalue weighted by Crippen LogP contribution is 2.37. The highest BCUT2D eigenvalue weighted by molar-refractivity contribution is 5.93. The molecule has 0 aliphatic carbocycles. The summed E-state index contributed by atoms with van der Waals surface area (Å²) >= 11 is 0. The van der Waals surface area contributed by atoms with Gasteiger partial charge in [-0.1, -0.05) is 18.2 Å². The Morgan fingerprint density at radius 1 is 1.15 bits per heavy atom. The maximum atomic E-state index is 11.6. The number of nitrogens with zero attached hydrogens (tertiary/aromatic N) is 2. The number of rotatable bonds is 6. The van der Waals surface area contributed by atoms with E-state index >= 15 is 0 Å². The number of carboxylic acids is 1. The van der Waals surface area contributed by atoms with Crippen molar-refractivity contribution in [3.8, 4) is 28.4 Å². The van der Waals surface area contributed by atoms with Crippen LogP contribution in [0.15, 0.2) is 48.7 Å². The highest BCUT2D eigenvalue weighted by Gasteiger charge is 2.20. The molecular formula is C19H19N3O4. The van der Waals surface area contributed by atoms with E-state index in [2.05, 4.69) is 5.10 Å². The Balaban J connectivity index is 2.24. The molecule has 0 bridgehead atoms. The van der Waals surface area contributed by atoms with Crippen LogP contribution in [-0.2, 0) is 6.54 Å². The number of ether oxygens (including phenoxy) is 2. The first-order valence-electron chi connectivity index (χ1n) is 7.92. The summed E-state index contributed by atoms with van der Waals surface area (Å²) in [5, 5.41) is 13.9. The number of methoxy groups -OCH3 is 2. The first-order chi connectivity index (χ1) is 12.6. The van der Waals surface area contributed by atoms with E-state index in [1.54, 1.807) is 23.0 Å². The van der Waals surface area contributed by atoms with E-state index in [0.29, 0.717) is 23.6 Å². The SMILES string of the molecule is COc1cc(OC)c(-c2ccnn2-c2ccccc2CN)cc1C(=O)O. The molecule has 26 heavy (non-hydrogen) atoms. The third kappa shape index (κ3) is 3.00. The van der Waals surface area contributed by atoms with Crippen LogP contribution in [0.1, 0.15) is 15.9 Å². The number of hydrogen-bond donors (Lipinski definition) is 2. The molecule has 0 atom stereocenters. The summed E-state index contributed by atoms with van der Waals surface area (Å²) in [6, 6.07) is 12.5. The summed E-state index contributed by atoms with van der Waals surface area (Å²) in [7, 11) is 2.94. The van der Waals surface area contributed by atoms with Gasteiger partial charge in [-0.05, 0) is 23.8 Å². The fraction of sp³-hybridized carbons (Fsp3) is 0.158. The van der Waals surface area contributed by atoms with Gasteiger partial charge in [-0.15, -0.1) is 0 Å². The Morgan fingerprint density at radius 2 is 1.88 bits per heavy atom. The third-order valence-corrected chi connectivity index (χ3v) is 4.11. The lowest BCUT2D eigenvalue weighted by molar-refractivity contribution is 0.0693. The monoisotopic (exact) mass is 353 g/mol. The molecule has 0 aliphatic rings. The van der Waals surface area contributed by atoms with Crippen LogP contribution in [0.4, 0.5) is 0 Å². The van der Waals surface area contributed by atoms with E-state index in [1.165, 1.54) is 20.3 Å². The molecule has 134 valence electrons. The second-order valence-electron chi connectivity index (χ2n) is 5.52. The topological polar surface area (TPSA) is 99.6 Å². The van der Waals surface area contributed by atoms with Gasteiger partial charge in [0, 0.05) is 18.2 Å². The predicted octanol–water partition coefficient (Wildman–Crippen LogP) is 2.71. The molecule has 2 aromatic carbocycles. The van der Waals surface area contributed by atoms with E-state index in [9.17, 15) is 9.90 Å². The average molecular weight is 353 g/mol. The van der Waals surface area contributed by atoms with Crippen molar-refractivity contribution in [2.45, 2.75) is 6.54 Å². The molecule has 1 heterocycles. The first-order valence-corrected chi connectivity index (χ1v) is 7.92. The van der Waals surface area contributed by atoms with Gasteiger partial charge in [0.25, 0.3) is 0 Å². The number of benzene rings is 2. The molecule has 7 heteroatoms. The molecule has 0 unspecified atom stereocenters. The van der Waals surface area contributed by atoms with Gasteiger partial charge in [-0.3, -0.25) is 0 Å². The van der Waals surface area contributed by atoms with Crippen LogP contribution < -0.4 is 15.2 Å². The van der Waals surface area contributed by atoms with E-state index in [4.69, 9.17) is 15.2 Å². The number of aromatic nitrogens is 2. The van der Waals surface area contributed by atoms with Crippen molar-refractivity contribution in [3.05, 3.63) is 59.8 Å². The summed E-state index contributed by atoms with van der Waals surface area (Å²) in [4.78, 5) is 11.6. The molecule has 0 saturated heterocycles. The van der Waals surface area contributed by atoms with Gasteiger partial charge < -0.3 is 20.3 Å². The number of carbonyl (C=O) groups is 1. The lowest BCUT2D eigenvalue weighted by atomic mass is 10.0. The summed E-state index contributed by atoms with van der Waals surface area (Å²) in [6.45, 7) is 0.357. The molecule has 3 rings (SSSR count). The van der Waals surface area contributed by atoms with Crippen LogP contribution in [0.2, 0.25) is 0 Å². The van der Waals surface area contributed by atoms with Crippen molar-refractivity contribution >= 4 is 5.97 Å². The van der Waals surface area contributed by atoms with Gasteiger partial charge >= 0.3 is 5.97 Å². The maximum Gasteiger partial charge on any atom is 0.339 e. The average Bonchev–Trinajstić information content (AvgIpc) is 3.15. The molecule has 0 saturated carbocycles. The second kappa shape index (κ2) is 7.28. The number of aromatic carboxylic acids is 1. The van der Waals surface area contributed by atoms with Crippen LogP contribution in [0.3, 0.4) is 0 Å². The van der Waals surface area contributed by atoms with E-state index in [0.717, 1.165) is 11.3 Å².